The minimum absolute atomic E-state index is 0.0397. The van der Waals surface area contributed by atoms with Crippen LogP contribution in [0.2, 0.25) is 0 Å². The number of methoxy groups -OCH3 is 1. The van der Waals surface area contributed by atoms with Gasteiger partial charge in [-0.3, -0.25) is 4.79 Å². The Balaban J connectivity index is 2.66. The van der Waals surface area contributed by atoms with Gasteiger partial charge in [0.1, 0.15) is 0 Å². The highest BCUT2D eigenvalue weighted by Gasteiger charge is 2.16. The number of carbonyl (C=O) groups excluding carboxylic acids is 1. The molecule has 0 saturated heterocycles. The predicted octanol–water partition coefficient (Wildman–Crippen LogP) is 1.59. The van der Waals surface area contributed by atoms with Crippen LogP contribution in [0.4, 0.5) is 0 Å². The zero-order chi connectivity index (χ0) is 12.0. The Morgan fingerprint density at radius 2 is 2.31 bits per heavy atom. The normalized spacial score (nSPS) is 10.4. The quantitative estimate of drug-likeness (QED) is 0.868. The molecule has 1 heterocycles. The molecule has 0 fully saturated rings. The van der Waals surface area contributed by atoms with Gasteiger partial charge in [0.05, 0.1) is 21.9 Å². The zero-order valence-electron chi connectivity index (χ0n) is 8.98. The van der Waals surface area contributed by atoms with Crippen LogP contribution in [0.5, 0.6) is 0 Å². The van der Waals surface area contributed by atoms with E-state index in [0.29, 0.717) is 24.6 Å². The van der Waals surface area contributed by atoms with Gasteiger partial charge in [-0.05, 0) is 28.1 Å². The summed E-state index contributed by atoms with van der Waals surface area (Å²) in [5.74, 6) is -0.0678. The van der Waals surface area contributed by atoms with Crippen molar-refractivity contribution < 1.29 is 14.6 Å². The fraction of sp³-hybridized carbons (Fsp3) is 0.500. The number of amides is 1. The van der Waals surface area contributed by atoms with Crippen LogP contribution < -0.4 is 0 Å². The van der Waals surface area contributed by atoms with Crippen LogP contribution in [0.25, 0.3) is 0 Å². The molecule has 1 N–H and O–H groups in total. The van der Waals surface area contributed by atoms with E-state index in [4.69, 9.17) is 9.84 Å². The second-order valence-corrected chi connectivity index (χ2v) is 5.58. The number of aliphatic hydroxyl groups excluding tert-OH is 1. The molecular formula is C10H14BrNO3S. The average molecular weight is 308 g/mol. The molecule has 0 aliphatic rings. The Morgan fingerprint density at radius 1 is 1.56 bits per heavy atom. The molecular weight excluding hydrogens is 294 g/mol. The smallest absolute Gasteiger partial charge is 0.264 e. The van der Waals surface area contributed by atoms with Gasteiger partial charge in [-0.1, -0.05) is 0 Å². The summed E-state index contributed by atoms with van der Waals surface area (Å²) in [6.45, 7) is 1.25. The molecule has 0 unspecified atom stereocenters. The summed E-state index contributed by atoms with van der Waals surface area (Å²) in [4.78, 5) is 14.3. The highest BCUT2D eigenvalue weighted by Crippen LogP contribution is 2.23. The van der Waals surface area contributed by atoms with Gasteiger partial charge in [0.15, 0.2) is 0 Å². The summed E-state index contributed by atoms with van der Waals surface area (Å²) in [6.07, 6.45) is 0. The van der Waals surface area contributed by atoms with Crippen LogP contribution >= 0.6 is 27.3 Å². The maximum Gasteiger partial charge on any atom is 0.264 e. The van der Waals surface area contributed by atoms with Gasteiger partial charge in [-0.25, -0.2) is 0 Å². The molecule has 1 aromatic rings. The lowest BCUT2D eigenvalue weighted by Crippen LogP contribution is -2.35. The van der Waals surface area contributed by atoms with Crippen LogP contribution in [0.1, 0.15) is 9.67 Å². The van der Waals surface area contributed by atoms with Crippen LogP contribution in [-0.2, 0) is 4.74 Å². The standard InChI is InChI=1S/C10H14BrNO3S/c1-15-7-5-12(4-6-13)10(14)8-2-3-9(11)16-8/h2-3,13H,4-7H2,1H3. The third-order valence-corrected chi connectivity index (χ3v) is 3.62. The van der Waals surface area contributed by atoms with Gasteiger partial charge in [0, 0.05) is 20.2 Å². The van der Waals surface area contributed by atoms with Crippen molar-refractivity contribution in [2.24, 2.45) is 0 Å². The maximum atomic E-state index is 12.0. The van der Waals surface area contributed by atoms with Crippen LogP contribution in [0, 0.1) is 0 Å². The Hall–Kier alpha value is -0.430. The van der Waals surface area contributed by atoms with Gasteiger partial charge < -0.3 is 14.7 Å². The van der Waals surface area contributed by atoms with Gasteiger partial charge >= 0.3 is 0 Å². The van der Waals surface area contributed by atoms with Crippen molar-refractivity contribution in [3.63, 3.8) is 0 Å². The summed E-state index contributed by atoms with van der Waals surface area (Å²) >= 11 is 4.70. The predicted molar refractivity (Wildman–Crippen MR) is 66.9 cm³/mol. The third kappa shape index (κ3) is 3.86. The molecule has 6 heteroatoms. The zero-order valence-corrected chi connectivity index (χ0v) is 11.4. The lowest BCUT2D eigenvalue weighted by atomic mass is 10.4. The topological polar surface area (TPSA) is 49.8 Å². The number of hydrogen-bond donors (Lipinski definition) is 1. The number of halogens is 1. The monoisotopic (exact) mass is 307 g/mol. The Labute approximate surface area is 107 Å². The van der Waals surface area contributed by atoms with E-state index in [-0.39, 0.29) is 12.5 Å². The Bertz CT molecular complexity index is 343. The van der Waals surface area contributed by atoms with Crippen LogP contribution in [0.15, 0.2) is 15.9 Å². The third-order valence-electron chi connectivity index (χ3n) is 2.01. The van der Waals surface area contributed by atoms with E-state index in [9.17, 15) is 4.79 Å². The van der Waals surface area contributed by atoms with E-state index in [2.05, 4.69) is 15.9 Å². The fourth-order valence-corrected chi connectivity index (χ4v) is 2.58. The van der Waals surface area contributed by atoms with E-state index < -0.39 is 0 Å². The van der Waals surface area contributed by atoms with E-state index in [0.717, 1.165) is 3.79 Å². The minimum atomic E-state index is -0.0678. The first kappa shape index (κ1) is 13.6. The number of nitrogens with zero attached hydrogens (tertiary/aromatic N) is 1. The molecule has 0 radical (unpaired) electrons. The lowest BCUT2D eigenvalue weighted by molar-refractivity contribution is 0.0661. The molecule has 4 nitrogen and oxygen atoms in total. The number of ether oxygens (including phenoxy) is 1. The molecule has 1 aromatic heterocycles. The van der Waals surface area contributed by atoms with E-state index in [1.807, 2.05) is 6.07 Å². The molecule has 0 bridgehead atoms. The van der Waals surface area contributed by atoms with E-state index >= 15 is 0 Å². The number of thiophene rings is 1. The van der Waals surface area contributed by atoms with Gasteiger partial charge in [-0.2, -0.15) is 0 Å². The van der Waals surface area contributed by atoms with Crippen molar-refractivity contribution in [3.05, 3.63) is 20.8 Å². The summed E-state index contributed by atoms with van der Waals surface area (Å²) < 4.78 is 5.85. The summed E-state index contributed by atoms with van der Waals surface area (Å²) in [5, 5.41) is 8.90. The van der Waals surface area contributed by atoms with Crippen molar-refractivity contribution >= 4 is 33.2 Å². The molecule has 0 aliphatic heterocycles. The van der Waals surface area contributed by atoms with E-state index in [1.54, 1.807) is 18.1 Å². The first-order valence-corrected chi connectivity index (χ1v) is 6.44. The average Bonchev–Trinajstić information content (AvgIpc) is 2.70. The van der Waals surface area contributed by atoms with Crippen molar-refractivity contribution in [2.75, 3.05) is 33.4 Å². The maximum absolute atomic E-state index is 12.0. The van der Waals surface area contributed by atoms with Crippen molar-refractivity contribution in [1.29, 1.82) is 0 Å². The number of carbonyl (C=O) groups is 1. The van der Waals surface area contributed by atoms with Gasteiger partial charge in [0.25, 0.3) is 5.91 Å². The van der Waals surface area contributed by atoms with Crippen LogP contribution in [-0.4, -0.2) is 49.3 Å². The molecule has 0 saturated carbocycles. The summed E-state index contributed by atoms with van der Waals surface area (Å²) in [5.41, 5.74) is 0. The minimum Gasteiger partial charge on any atom is -0.395 e. The molecule has 0 atom stereocenters. The van der Waals surface area contributed by atoms with Crippen LogP contribution in [0.3, 0.4) is 0 Å². The summed E-state index contributed by atoms with van der Waals surface area (Å²) in [6, 6.07) is 3.61. The van der Waals surface area contributed by atoms with E-state index in [1.165, 1.54) is 11.3 Å². The number of aliphatic hydroxyl groups is 1. The first-order valence-electron chi connectivity index (χ1n) is 4.83. The Kier molecular flexibility index (Phi) is 5.97. The van der Waals surface area contributed by atoms with Gasteiger partial charge in [-0.15, -0.1) is 11.3 Å². The molecule has 16 heavy (non-hydrogen) atoms. The first-order chi connectivity index (χ1) is 7.69. The SMILES string of the molecule is COCCN(CCO)C(=O)c1ccc(Br)s1. The van der Waals surface area contributed by atoms with Crippen molar-refractivity contribution in [2.45, 2.75) is 0 Å². The highest BCUT2D eigenvalue weighted by atomic mass is 79.9. The number of hydrogen-bond acceptors (Lipinski definition) is 4. The molecule has 0 spiro atoms. The van der Waals surface area contributed by atoms with Crippen molar-refractivity contribution in [3.8, 4) is 0 Å². The second kappa shape index (κ2) is 7.01. The van der Waals surface area contributed by atoms with Crippen molar-refractivity contribution in [1.82, 2.24) is 4.90 Å². The summed E-state index contributed by atoms with van der Waals surface area (Å²) in [7, 11) is 1.59. The Morgan fingerprint density at radius 3 is 2.81 bits per heavy atom. The molecule has 0 aliphatic carbocycles. The molecule has 0 aromatic carbocycles. The molecule has 1 amide bonds. The highest BCUT2D eigenvalue weighted by molar-refractivity contribution is 9.11. The lowest BCUT2D eigenvalue weighted by Gasteiger charge is -2.20. The number of rotatable bonds is 6. The molecule has 1 rings (SSSR count). The van der Waals surface area contributed by atoms with Gasteiger partial charge in [0.2, 0.25) is 0 Å². The largest absolute Gasteiger partial charge is 0.395 e. The second-order valence-electron chi connectivity index (χ2n) is 3.11. The molecule has 90 valence electrons. The fourth-order valence-electron chi connectivity index (χ4n) is 1.22.